The predicted molar refractivity (Wildman–Crippen MR) is 61.1 cm³/mol. The monoisotopic (exact) mass is 216 g/mol. The van der Waals surface area contributed by atoms with Crippen LogP contribution in [0.3, 0.4) is 0 Å². The summed E-state index contributed by atoms with van der Waals surface area (Å²) in [6.07, 6.45) is 7.56. The van der Waals surface area contributed by atoms with Crippen LogP contribution in [0.4, 0.5) is 0 Å². The fraction of sp³-hybridized carbons (Fsp3) is 0.364. The molecular weight excluding hydrogens is 204 g/mol. The first kappa shape index (κ1) is 9.33. The van der Waals surface area contributed by atoms with Crippen molar-refractivity contribution in [2.24, 2.45) is 0 Å². The van der Waals surface area contributed by atoms with Crippen molar-refractivity contribution >= 4 is 17.4 Å². The fourth-order valence-electron chi connectivity index (χ4n) is 1.83. The van der Waals surface area contributed by atoms with E-state index in [1.165, 1.54) is 0 Å². The van der Waals surface area contributed by atoms with E-state index in [-0.39, 0.29) is 5.69 Å². The highest BCUT2D eigenvalue weighted by Crippen LogP contribution is 2.34. The smallest absolute Gasteiger partial charge is 0.289 e. The summed E-state index contributed by atoms with van der Waals surface area (Å²) >= 11 is 0. The zero-order valence-corrected chi connectivity index (χ0v) is 8.97. The summed E-state index contributed by atoms with van der Waals surface area (Å²) in [6, 6.07) is 0.316. The average Bonchev–Trinajstić information content (AvgIpc) is 3.02. The quantitative estimate of drug-likeness (QED) is 0.827. The minimum absolute atomic E-state index is 0.102. The number of nitrogens with zero attached hydrogens (tertiary/aromatic N) is 3. The second kappa shape index (κ2) is 3.30. The van der Waals surface area contributed by atoms with Crippen LogP contribution in [0.1, 0.15) is 31.5 Å². The van der Waals surface area contributed by atoms with Crippen LogP contribution in [0, 0.1) is 0 Å². The number of fused-ring (bicyclic) bond motifs is 1. The van der Waals surface area contributed by atoms with Crippen molar-refractivity contribution in [3.8, 4) is 0 Å². The van der Waals surface area contributed by atoms with Crippen LogP contribution in [0.2, 0.25) is 0 Å². The molecule has 1 fully saturated rings. The Balaban J connectivity index is 2.27. The molecule has 0 radical (unpaired) electrons. The molecule has 2 aromatic rings. The van der Waals surface area contributed by atoms with E-state index in [0.29, 0.717) is 17.3 Å². The Bertz CT molecular complexity index is 618. The van der Waals surface area contributed by atoms with Gasteiger partial charge in [0.2, 0.25) is 0 Å². The average molecular weight is 216 g/mol. The van der Waals surface area contributed by atoms with Crippen molar-refractivity contribution in [3.05, 3.63) is 28.5 Å². The minimum Gasteiger partial charge on any atom is -0.289 e. The number of hydrogen-bond donors (Lipinski definition) is 1. The highest BCUT2D eigenvalue weighted by Gasteiger charge is 2.28. The van der Waals surface area contributed by atoms with Gasteiger partial charge in [-0.3, -0.25) is 9.55 Å². The van der Waals surface area contributed by atoms with E-state index in [0.717, 1.165) is 18.5 Å². The summed E-state index contributed by atoms with van der Waals surface area (Å²) in [5.41, 5.74) is 1.92. The van der Waals surface area contributed by atoms with E-state index in [2.05, 4.69) is 15.0 Å². The topological polar surface area (TPSA) is 63.6 Å². The van der Waals surface area contributed by atoms with Gasteiger partial charge >= 0.3 is 5.69 Å². The molecule has 5 nitrogen and oxygen atoms in total. The maximum atomic E-state index is 11.7. The Morgan fingerprint density at radius 1 is 1.56 bits per heavy atom. The third kappa shape index (κ3) is 1.36. The van der Waals surface area contributed by atoms with Crippen molar-refractivity contribution in [2.75, 3.05) is 0 Å². The lowest BCUT2D eigenvalue weighted by Gasteiger charge is -1.98. The molecule has 2 aromatic heterocycles. The van der Waals surface area contributed by atoms with Crippen LogP contribution in [-0.2, 0) is 0 Å². The van der Waals surface area contributed by atoms with Crippen LogP contribution in [0.25, 0.3) is 17.4 Å². The number of imidazole rings is 1. The highest BCUT2D eigenvalue weighted by molar-refractivity contribution is 5.67. The van der Waals surface area contributed by atoms with Gasteiger partial charge in [0.1, 0.15) is 0 Å². The van der Waals surface area contributed by atoms with Gasteiger partial charge in [0.05, 0.1) is 11.9 Å². The number of H-pyrrole nitrogens is 1. The summed E-state index contributed by atoms with van der Waals surface area (Å²) < 4.78 is 1.72. The molecule has 0 atom stereocenters. The lowest BCUT2D eigenvalue weighted by atomic mass is 10.4. The van der Waals surface area contributed by atoms with Gasteiger partial charge in [-0.2, -0.15) is 0 Å². The van der Waals surface area contributed by atoms with Crippen molar-refractivity contribution in [1.29, 1.82) is 0 Å². The Hall–Kier alpha value is -1.91. The second-order valence-corrected chi connectivity index (χ2v) is 4.00. The van der Waals surface area contributed by atoms with Gasteiger partial charge < -0.3 is 0 Å². The molecule has 0 unspecified atom stereocenters. The molecule has 16 heavy (non-hydrogen) atoms. The van der Waals surface area contributed by atoms with Crippen molar-refractivity contribution in [3.63, 3.8) is 0 Å². The molecule has 0 aliphatic heterocycles. The Morgan fingerprint density at radius 3 is 3.06 bits per heavy atom. The summed E-state index contributed by atoms with van der Waals surface area (Å²) in [7, 11) is 0. The molecule has 0 bridgehead atoms. The number of allylic oxidation sites excluding steroid dienone is 1. The molecule has 2 heterocycles. The Labute approximate surface area is 91.8 Å². The first-order valence-corrected chi connectivity index (χ1v) is 5.39. The maximum absolute atomic E-state index is 11.7. The summed E-state index contributed by atoms with van der Waals surface area (Å²) in [4.78, 5) is 23.1. The third-order valence-electron chi connectivity index (χ3n) is 2.69. The first-order valence-electron chi connectivity index (χ1n) is 5.39. The molecule has 82 valence electrons. The SMILES string of the molecule is CC=Cc1cnc2[nH]c(=O)n(C3CC3)c2n1. The molecule has 0 saturated heterocycles. The Kier molecular flexibility index (Phi) is 1.92. The van der Waals surface area contributed by atoms with Gasteiger partial charge in [-0.1, -0.05) is 6.08 Å². The lowest BCUT2D eigenvalue weighted by molar-refractivity contribution is 0.725. The number of hydrogen-bond acceptors (Lipinski definition) is 3. The molecule has 5 heteroatoms. The van der Waals surface area contributed by atoms with E-state index in [9.17, 15) is 4.79 Å². The number of nitrogens with one attached hydrogen (secondary N) is 1. The maximum Gasteiger partial charge on any atom is 0.329 e. The zero-order valence-electron chi connectivity index (χ0n) is 8.97. The standard InChI is InChI=1S/C11H12N4O/c1-2-3-7-6-12-9-10(13-7)15(8-4-5-8)11(16)14-9/h2-3,6,8H,4-5H2,1H3,(H,12,14,16). The van der Waals surface area contributed by atoms with Crippen molar-refractivity contribution < 1.29 is 0 Å². The van der Waals surface area contributed by atoms with E-state index in [1.54, 1.807) is 10.8 Å². The van der Waals surface area contributed by atoms with Gasteiger partial charge in [-0.25, -0.2) is 14.8 Å². The van der Waals surface area contributed by atoms with Crippen molar-refractivity contribution in [1.82, 2.24) is 19.5 Å². The molecule has 1 aliphatic carbocycles. The highest BCUT2D eigenvalue weighted by atomic mass is 16.1. The van der Waals surface area contributed by atoms with Crippen LogP contribution in [-0.4, -0.2) is 19.5 Å². The molecule has 0 amide bonds. The summed E-state index contributed by atoms with van der Waals surface area (Å²) in [6.45, 7) is 1.93. The van der Waals surface area contributed by atoms with E-state index < -0.39 is 0 Å². The molecule has 1 aliphatic rings. The molecular formula is C11H12N4O. The number of aromatic amines is 1. The van der Waals surface area contributed by atoms with E-state index >= 15 is 0 Å². The molecule has 1 N–H and O–H groups in total. The van der Waals surface area contributed by atoms with Gasteiger partial charge in [-0.05, 0) is 25.8 Å². The molecule has 0 aromatic carbocycles. The van der Waals surface area contributed by atoms with Gasteiger partial charge in [-0.15, -0.1) is 0 Å². The molecule has 0 spiro atoms. The molecule has 1 saturated carbocycles. The normalized spacial score (nSPS) is 16.3. The lowest BCUT2D eigenvalue weighted by Crippen LogP contribution is -2.15. The van der Waals surface area contributed by atoms with Gasteiger partial charge in [0, 0.05) is 6.04 Å². The van der Waals surface area contributed by atoms with E-state index in [4.69, 9.17) is 0 Å². The van der Waals surface area contributed by atoms with Crippen molar-refractivity contribution in [2.45, 2.75) is 25.8 Å². The second-order valence-electron chi connectivity index (χ2n) is 4.00. The van der Waals surface area contributed by atoms with Crippen LogP contribution < -0.4 is 5.69 Å². The third-order valence-corrected chi connectivity index (χ3v) is 2.69. The van der Waals surface area contributed by atoms with Crippen LogP contribution >= 0.6 is 0 Å². The summed E-state index contributed by atoms with van der Waals surface area (Å²) in [5.74, 6) is 0. The van der Waals surface area contributed by atoms with E-state index in [1.807, 2.05) is 19.1 Å². The first-order chi connectivity index (χ1) is 7.79. The Morgan fingerprint density at radius 2 is 2.38 bits per heavy atom. The van der Waals surface area contributed by atoms with Crippen LogP contribution in [0.15, 0.2) is 17.1 Å². The predicted octanol–water partition coefficient (Wildman–Crippen LogP) is 1.49. The number of rotatable bonds is 2. The minimum atomic E-state index is -0.102. The number of aromatic nitrogens is 4. The van der Waals surface area contributed by atoms with Gasteiger partial charge in [0.15, 0.2) is 11.3 Å². The van der Waals surface area contributed by atoms with Crippen LogP contribution in [0.5, 0.6) is 0 Å². The zero-order chi connectivity index (χ0) is 11.1. The van der Waals surface area contributed by atoms with Gasteiger partial charge in [0.25, 0.3) is 0 Å². The largest absolute Gasteiger partial charge is 0.329 e. The summed E-state index contributed by atoms with van der Waals surface area (Å²) in [5, 5.41) is 0. The fourth-order valence-corrected chi connectivity index (χ4v) is 1.83. The molecule has 3 rings (SSSR count).